The molecule has 0 aromatic heterocycles. The van der Waals surface area contributed by atoms with Crippen LogP contribution in [0, 0.1) is 10.8 Å². The number of nitrogens with two attached hydrogens (primary N) is 1. The molecular weight excluding hydrogens is 268 g/mol. The van der Waals surface area contributed by atoms with Crippen molar-refractivity contribution >= 4 is 11.9 Å². The van der Waals surface area contributed by atoms with Crippen molar-refractivity contribution in [2.24, 2.45) is 16.6 Å². The van der Waals surface area contributed by atoms with Gasteiger partial charge >= 0.3 is 5.97 Å². The third-order valence-corrected chi connectivity index (χ3v) is 5.28. The molecule has 0 aliphatic heterocycles. The van der Waals surface area contributed by atoms with Crippen LogP contribution in [0.5, 0.6) is 0 Å². The summed E-state index contributed by atoms with van der Waals surface area (Å²) >= 11 is 0. The Labute approximate surface area is 127 Å². The Kier molecular flexibility index (Phi) is 5.42. The first-order valence-electron chi connectivity index (χ1n) is 7.83. The van der Waals surface area contributed by atoms with E-state index in [0.717, 1.165) is 25.7 Å². The van der Waals surface area contributed by atoms with E-state index < -0.39 is 22.3 Å². The number of carboxylic acids is 1. The average molecular weight is 298 g/mol. The zero-order valence-electron chi connectivity index (χ0n) is 13.8. The zero-order valence-corrected chi connectivity index (χ0v) is 13.8. The van der Waals surface area contributed by atoms with Gasteiger partial charge in [0.15, 0.2) is 0 Å². The van der Waals surface area contributed by atoms with E-state index in [9.17, 15) is 14.7 Å². The first-order chi connectivity index (χ1) is 9.53. The van der Waals surface area contributed by atoms with Crippen molar-refractivity contribution in [3.05, 3.63) is 0 Å². The highest BCUT2D eigenvalue weighted by Gasteiger charge is 2.43. The molecule has 21 heavy (non-hydrogen) atoms. The minimum Gasteiger partial charge on any atom is -0.481 e. The second-order valence-electron chi connectivity index (χ2n) is 7.53. The number of carboxylic acid groups (broad SMARTS) is 1. The maximum Gasteiger partial charge on any atom is 0.311 e. The number of hydrogen-bond acceptors (Lipinski definition) is 3. The lowest BCUT2D eigenvalue weighted by Crippen LogP contribution is -2.57. The Hall–Kier alpha value is -1.10. The zero-order chi connectivity index (χ0) is 16.3. The topological polar surface area (TPSA) is 92.4 Å². The van der Waals surface area contributed by atoms with E-state index in [4.69, 9.17) is 5.73 Å². The number of carbonyl (C=O) groups excluding carboxylic acids is 1. The lowest BCUT2D eigenvalue weighted by Gasteiger charge is -2.38. The van der Waals surface area contributed by atoms with Crippen molar-refractivity contribution in [2.75, 3.05) is 6.54 Å². The minimum atomic E-state index is -0.818. The lowest BCUT2D eigenvalue weighted by molar-refractivity contribution is -0.150. The van der Waals surface area contributed by atoms with Crippen LogP contribution in [0.2, 0.25) is 0 Å². The van der Waals surface area contributed by atoms with Crippen molar-refractivity contribution < 1.29 is 14.7 Å². The summed E-state index contributed by atoms with van der Waals surface area (Å²) in [6, 6.07) is 0. The number of amides is 1. The molecule has 5 nitrogen and oxygen atoms in total. The molecule has 0 saturated heterocycles. The third-order valence-electron chi connectivity index (χ3n) is 5.28. The van der Waals surface area contributed by atoms with Crippen molar-refractivity contribution in [1.29, 1.82) is 0 Å². The fourth-order valence-electron chi connectivity index (χ4n) is 2.63. The molecule has 1 saturated carbocycles. The van der Waals surface area contributed by atoms with Crippen LogP contribution < -0.4 is 11.1 Å². The van der Waals surface area contributed by atoms with E-state index in [1.54, 1.807) is 13.8 Å². The monoisotopic (exact) mass is 298 g/mol. The Balaban J connectivity index is 2.78. The molecular formula is C16H30N2O3. The van der Waals surface area contributed by atoms with Gasteiger partial charge in [0.2, 0.25) is 5.91 Å². The summed E-state index contributed by atoms with van der Waals surface area (Å²) in [5.41, 5.74) is 3.82. The Morgan fingerprint density at radius 3 is 1.95 bits per heavy atom. The number of aliphatic carboxylic acids is 1. The van der Waals surface area contributed by atoms with Gasteiger partial charge in [0.1, 0.15) is 0 Å². The van der Waals surface area contributed by atoms with Crippen LogP contribution >= 0.6 is 0 Å². The van der Waals surface area contributed by atoms with Gasteiger partial charge in [-0.3, -0.25) is 9.59 Å². The van der Waals surface area contributed by atoms with Gasteiger partial charge in [-0.2, -0.15) is 0 Å². The van der Waals surface area contributed by atoms with Gasteiger partial charge in [0, 0.05) is 12.1 Å². The first kappa shape index (κ1) is 18.0. The predicted octanol–water partition coefficient (Wildman–Crippen LogP) is 2.29. The summed E-state index contributed by atoms with van der Waals surface area (Å²) in [5.74, 6) is -0.977. The summed E-state index contributed by atoms with van der Waals surface area (Å²) in [4.78, 5) is 24.1. The Morgan fingerprint density at radius 1 is 1.10 bits per heavy atom. The summed E-state index contributed by atoms with van der Waals surface area (Å²) in [7, 11) is 0. The SMILES string of the molecule is CC(C)(N)C(C)(C)C(=O)NCC1(C(=O)O)CCCCCC1. The molecule has 1 fully saturated rings. The van der Waals surface area contributed by atoms with Crippen LogP contribution in [0.3, 0.4) is 0 Å². The number of hydrogen-bond donors (Lipinski definition) is 3. The van der Waals surface area contributed by atoms with Gasteiger partial charge in [-0.15, -0.1) is 0 Å². The van der Waals surface area contributed by atoms with E-state index >= 15 is 0 Å². The highest BCUT2D eigenvalue weighted by Crippen LogP contribution is 2.35. The fraction of sp³-hybridized carbons (Fsp3) is 0.875. The van der Waals surface area contributed by atoms with Crippen molar-refractivity contribution in [3.8, 4) is 0 Å². The largest absolute Gasteiger partial charge is 0.481 e. The highest BCUT2D eigenvalue weighted by atomic mass is 16.4. The van der Waals surface area contributed by atoms with Crippen LogP contribution in [-0.2, 0) is 9.59 Å². The van der Waals surface area contributed by atoms with Crippen molar-refractivity contribution in [3.63, 3.8) is 0 Å². The molecule has 0 atom stereocenters. The molecule has 0 radical (unpaired) electrons. The molecule has 5 heteroatoms. The molecule has 1 rings (SSSR count). The first-order valence-corrected chi connectivity index (χ1v) is 7.83. The van der Waals surface area contributed by atoms with Gasteiger partial charge in [-0.05, 0) is 40.5 Å². The molecule has 0 aromatic rings. The maximum atomic E-state index is 12.4. The van der Waals surface area contributed by atoms with E-state index in [1.165, 1.54) is 0 Å². The second kappa shape index (κ2) is 6.34. The lowest BCUT2D eigenvalue weighted by atomic mass is 9.74. The van der Waals surface area contributed by atoms with Crippen LogP contribution in [-0.4, -0.2) is 29.1 Å². The normalized spacial score (nSPS) is 19.7. The standard InChI is InChI=1S/C16H30N2O3/c1-14(2,15(3,4)17)12(19)18-11-16(13(20)21)9-7-5-6-8-10-16/h5-11,17H2,1-4H3,(H,18,19)(H,20,21). The van der Waals surface area contributed by atoms with Crippen LogP contribution in [0.15, 0.2) is 0 Å². The molecule has 0 spiro atoms. The summed E-state index contributed by atoms with van der Waals surface area (Å²) in [6.07, 6.45) is 5.24. The molecule has 1 aliphatic rings. The van der Waals surface area contributed by atoms with Gasteiger partial charge in [0.05, 0.1) is 10.8 Å². The van der Waals surface area contributed by atoms with Crippen molar-refractivity contribution in [1.82, 2.24) is 5.32 Å². The van der Waals surface area contributed by atoms with Crippen LogP contribution in [0.4, 0.5) is 0 Å². The van der Waals surface area contributed by atoms with Gasteiger partial charge in [-0.25, -0.2) is 0 Å². The van der Waals surface area contributed by atoms with Gasteiger partial charge in [-0.1, -0.05) is 25.7 Å². The van der Waals surface area contributed by atoms with Gasteiger partial charge in [0.25, 0.3) is 0 Å². The Morgan fingerprint density at radius 2 is 1.57 bits per heavy atom. The van der Waals surface area contributed by atoms with Crippen LogP contribution in [0.1, 0.15) is 66.2 Å². The molecule has 0 aromatic carbocycles. The summed E-state index contributed by atoms with van der Waals surface area (Å²) < 4.78 is 0. The number of rotatable bonds is 5. The molecule has 0 heterocycles. The smallest absolute Gasteiger partial charge is 0.311 e. The highest BCUT2D eigenvalue weighted by molar-refractivity contribution is 5.84. The summed E-state index contributed by atoms with van der Waals surface area (Å²) in [5, 5.41) is 12.5. The molecule has 4 N–H and O–H groups in total. The fourth-order valence-corrected chi connectivity index (χ4v) is 2.63. The molecule has 0 unspecified atom stereocenters. The molecule has 1 amide bonds. The van der Waals surface area contributed by atoms with Gasteiger partial charge < -0.3 is 16.2 Å². The quantitative estimate of drug-likeness (QED) is 0.679. The van der Waals surface area contributed by atoms with Crippen molar-refractivity contribution in [2.45, 2.75) is 71.8 Å². The minimum absolute atomic E-state index is 0.181. The third kappa shape index (κ3) is 3.96. The second-order valence-corrected chi connectivity index (χ2v) is 7.53. The Bertz CT molecular complexity index is 389. The average Bonchev–Trinajstić information content (AvgIpc) is 2.60. The molecule has 122 valence electrons. The maximum absolute atomic E-state index is 12.4. The molecule has 0 bridgehead atoms. The van der Waals surface area contributed by atoms with Crippen LogP contribution in [0.25, 0.3) is 0 Å². The molecule has 1 aliphatic carbocycles. The van der Waals surface area contributed by atoms with E-state index in [-0.39, 0.29) is 12.5 Å². The number of nitrogens with one attached hydrogen (secondary N) is 1. The van der Waals surface area contributed by atoms with E-state index in [2.05, 4.69) is 5.32 Å². The predicted molar refractivity (Wildman–Crippen MR) is 82.8 cm³/mol. The van der Waals surface area contributed by atoms with E-state index in [0.29, 0.717) is 12.8 Å². The van der Waals surface area contributed by atoms with E-state index in [1.807, 2.05) is 13.8 Å². The summed E-state index contributed by atoms with van der Waals surface area (Å²) in [6.45, 7) is 7.41. The number of carbonyl (C=O) groups is 2.